The summed E-state index contributed by atoms with van der Waals surface area (Å²) in [6.07, 6.45) is 3.45. The van der Waals surface area contributed by atoms with Crippen LogP contribution in [-0.2, 0) is 22.5 Å². The molecule has 2 aromatic carbocycles. The van der Waals surface area contributed by atoms with Crippen molar-refractivity contribution in [3.05, 3.63) is 64.9 Å². The predicted octanol–water partition coefficient (Wildman–Crippen LogP) is 4.01. The van der Waals surface area contributed by atoms with Gasteiger partial charge in [0, 0.05) is 13.0 Å². The quantitative estimate of drug-likeness (QED) is 0.425. The number of hydrogen-bond acceptors (Lipinski definition) is 4. The summed E-state index contributed by atoms with van der Waals surface area (Å²) in [4.78, 5) is 28.6. The molecule has 1 aromatic heterocycles. The first-order valence-electron chi connectivity index (χ1n) is 9.64. The van der Waals surface area contributed by atoms with Crippen molar-refractivity contribution < 1.29 is 14.3 Å². The molecular formula is C22H24ClN3O3. The van der Waals surface area contributed by atoms with E-state index in [4.69, 9.17) is 16.3 Å². The second-order valence-corrected chi connectivity index (χ2v) is 7.13. The van der Waals surface area contributed by atoms with Gasteiger partial charge in [-0.15, -0.1) is 0 Å². The summed E-state index contributed by atoms with van der Waals surface area (Å²) in [5.41, 5.74) is 2.30. The second kappa shape index (κ2) is 10.1. The van der Waals surface area contributed by atoms with Gasteiger partial charge in [0.25, 0.3) is 5.91 Å². The van der Waals surface area contributed by atoms with Crippen LogP contribution in [0, 0.1) is 0 Å². The molecule has 0 saturated carbocycles. The number of nitrogens with zero attached hydrogens (tertiary/aromatic N) is 2. The molecule has 1 heterocycles. The summed E-state index contributed by atoms with van der Waals surface area (Å²) in [7, 11) is 1.39. The lowest BCUT2D eigenvalue weighted by molar-refractivity contribution is -0.141. The van der Waals surface area contributed by atoms with Crippen molar-refractivity contribution >= 4 is 34.5 Å². The Bertz CT molecular complexity index is 1000. The number of unbranched alkanes of at least 4 members (excludes halogenated alkanes) is 2. The van der Waals surface area contributed by atoms with Gasteiger partial charge >= 0.3 is 5.97 Å². The number of amides is 1. The lowest BCUT2D eigenvalue weighted by atomic mass is 10.1. The van der Waals surface area contributed by atoms with Crippen molar-refractivity contribution in [1.29, 1.82) is 0 Å². The zero-order valence-corrected chi connectivity index (χ0v) is 17.1. The largest absolute Gasteiger partial charge is 0.468 e. The van der Waals surface area contributed by atoms with E-state index in [9.17, 15) is 9.59 Å². The number of fused-ring (bicyclic) bond motifs is 1. The molecule has 152 valence electrons. The Labute approximate surface area is 174 Å². The number of nitrogens with one attached hydrogen (secondary N) is 1. The maximum Gasteiger partial charge on any atom is 0.325 e. The highest BCUT2D eigenvalue weighted by Gasteiger charge is 2.13. The summed E-state index contributed by atoms with van der Waals surface area (Å²) in [5, 5.41) is 3.35. The van der Waals surface area contributed by atoms with Crippen molar-refractivity contribution in [3.63, 3.8) is 0 Å². The maximum atomic E-state index is 12.1. The fourth-order valence-electron chi connectivity index (χ4n) is 3.21. The number of carbonyl (C=O) groups is 2. The Balaban J connectivity index is 1.50. The third kappa shape index (κ3) is 5.35. The molecule has 29 heavy (non-hydrogen) atoms. The molecule has 7 heteroatoms. The van der Waals surface area contributed by atoms with Gasteiger partial charge in [-0.2, -0.15) is 0 Å². The van der Waals surface area contributed by atoms with E-state index in [1.54, 1.807) is 24.3 Å². The van der Waals surface area contributed by atoms with Crippen LogP contribution in [0.15, 0.2) is 48.5 Å². The van der Waals surface area contributed by atoms with E-state index < -0.39 is 0 Å². The van der Waals surface area contributed by atoms with Crippen LogP contribution in [0.3, 0.4) is 0 Å². The Kier molecular flexibility index (Phi) is 7.25. The first-order chi connectivity index (χ1) is 14.1. The van der Waals surface area contributed by atoms with E-state index in [-0.39, 0.29) is 18.4 Å². The van der Waals surface area contributed by atoms with Crippen LogP contribution in [-0.4, -0.2) is 35.1 Å². The summed E-state index contributed by atoms with van der Waals surface area (Å²) in [6.45, 7) is 0.739. The normalized spacial score (nSPS) is 10.8. The van der Waals surface area contributed by atoms with Gasteiger partial charge in [0.15, 0.2) is 0 Å². The minimum Gasteiger partial charge on any atom is -0.468 e. The van der Waals surface area contributed by atoms with Crippen molar-refractivity contribution in [2.75, 3.05) is 13.7 Å². The molecule has 0 saturated heterocycles. The van der Waals surface area contributed by atoms with Crippen molar-refractivity contribution in [2.45, 2.75) is 32.2 Å². The Morgan fingerprint density at radius 1 is 1.07 bits per heavy atom. The van der Waals surface area contributed by atoms with Crippen LogP contribution in [0.4, 0.5) is 0 Å². The predicted molar refractivity (Wildman–Crippen MR) is 113 cm³/mol. The van der Waals surface area contributed by atoms with E-state index in [2.05, 4.69) is 10.3 Å². The lowest BCUT2D eigenvalue weighted by Gasteiger charge is -2.08. The highest BCUT2D eigenvalue weighted by atomic mass is 35.5. The smallest absolute Gasteiger partial charge is 0.325 e. The fourth-order valence-corrected chi connectivity index (χ4v) is 3.44. The van der Waals surface area contributed by atoms with Crippen molar-refractivity contribution in [2.24, 2.45) is 0 Å². The van der Waals surface area contributed by atoms with Gasteiger partial charge in [0.1, 0.15) is 12.4 Å². The number of methoxy groups -OCH3 is 1. The van der Waals surface area contributed by atoms with Crippen LogP contribution >= 0.6 is 11.6 Å². The molecule has 3 aromatic rings. The van der Waals surface area contributed by atoms with Gasteiger partial charge in [-0.25, -0.2) is 4.98 Å². The zero-order chi connectivity index (χ0) is 20.6. The number of ether oxygens (including phenoxy) is 1. The molecule has 0 aliphatic heterocycles. The van der Waals surface area contributed by atoms with Crippen molar-refractivity contribution in [3.8, 4) is 0 Å². The molecule has 1 N–H and O–H groups in total. The van der Waals surface area contributed by atoms with Gasteiger partial charge < -0.3 is 14.6 Å². The number of aromatic nitrogens is 2. The van der Waals surface area contributed by atoms with E-state index in [1.165, 1.54) is 7.11 Å². The van der Waals surface area contributed by atoms with Crippen LogP contribution in [0.1, 0.15) is 35.4 Å². The molecule has 0 atom stereocenters. The molecule has 0 fully saturated rings. The molecule has 0 aliphatic carbocycles. The molecule has 0 unspecified atom stereocenters. The third-order valence-corrected chi connectivity index (χ3v) is 5.06. The molecule has 0 bridgehead atoms. The monoisotopic (exact) mass is 413 g/mol. The minimum absolute atomic E-state index is 0.153. The van der Waals surface area contributed by atoms with Crippen LogP contribution in [0.2, 0.25) is 5.02 Å². The van der Waals surface area contributed by atoms with Crippen LogP contribution in [0.5, 0.6) is 0 Å². The zero-order valence-electron chi connectivity index (χ0n) is 16.4. The average Bonchev–Trinajstić information content (AvgIpc) is 3.08. The highest BCUT2D eigenvalue weighted by molar-refractivity contribution is 6.33. The number of imidazole rings is 1. The number of rotatable bonds is 9. The number of hydrogen-bond donors (Lipinski definition) is 1. The number of para-hydroxylation sites is 2. The third-order valence-electron chi connectivity index (χ3n) is 4.73. The van der Waals surface area contributed by atoms with Gasteiger partial charge in [-0.1, -0.05) is 42.3 Å². The maximum absolute atomic E-state index is 12.1. The molecule has 6 nitrogen and oxygen atoms in total. The number of esters is 1. The standard InChI is InChI=1S/C22H24ClN3O3/c1-29-21(27)15-26-19-12-7-6-11-18(19)25-20(26)13-3-2-8-14-24-22(28)16-9-4-5-10-17(16)23/h4-7,9-12H,2-3,8,13-15H2,1H3,(H,24,28). The van der Waals surface area contributed by atoms with E-state index in [0.29, 0.717) is 17.1 Å². The number of benzene rings is 2. The molecule has 0 aliphatic rings. The first-order valence-corrected chi connectivity index (χ1v) is 10.0. The topological polar surface area (TPSA) is 73.2 Å². The van der Waals surface area contributed by atoms with Gasteiger partial charge in [-0.05, 0) is 37.1 Å². The van der Waals surface area contributed by atoms with Crippen LogP contribution < -0.4 is 5.32 Å². The van der Waals surface area contributed by atoms with Gasteiger partial charge in [-0.3, -0.25) is 9.59 Å². The highest BCUT2D eigenvalue weighted by Crippen LogP contribution is 2.18. The van der Waals surface area contributed by atoms with E-state index >= 15 is 0 Å². The Morgan fingerprint density at radius 2 is 1.83 bits per heavy atom. The average molecular weight is 414 g/mol. The van der Waals surface area contributed by atoms with Crippen LogP contribution in [0.25, 0.3) is 11.0 Å². The van der Waals surface area contributed by atoms with E-state index in [0.717, 1.165) is 42.5 Å². The van der Waals surface area contributed by atoms with Crippen molar-refractivity contribution in [1.82, 2.24) is 14.9 Å². The number of aryl methyl sites for hydroxylation is 1. The summed E-state index contributed by atoms with van der Waals surface area (Å²) in [5.74, 6) is 0.420. The molecule has 0 spiro atoms. The minimum atomic E-state index is -0.295. The number of carbonyl (C=O) groups excluding carboxylic acids is 2. The second-order valence-electron chi connectivity index (χ2n) is 6.73. The summed E-state index contributed by atoms with van der Waals surface area (Å²) in [6, 6.07) is 14.8. The summed E-state index contributed by atoms with van der Waals surface area (Å²) >= 11 is 6.04. The summed E-state index contributed by atoms with van der Waals surface area (Å²) < 4.78 is 6.73. The number of halogens is 1. The SMILES string of the molecule is COC(=O)Cn1c(CCCCCNC(=O)c2ccccc2Cl)nc2ccccc21. The fraction of sp³-hybridized carbons (Fsp3) is 0.318. The lowest BCUT2D eigenvalue weighted by Crippen LogP contribution is -2.24. The van der Waals surface area contributed by atoms with E-state index in [1.807, 2.05) is 28.8 Å². The first kappa shape index (κ1) is 20.9. The van der Waals surface area contributed by atoms with Gasteiger partial charge in [0.2, 0.25) is 0 Å². The molecular weight excluding hydrogens is 390 g/mol. The molecule has 0 radical (unpaired) electrons. The molecule has 1 amide bonds. The van der Waals surface area contributed by atoms with Gasteiger partial charge in [0.05, 0.1) is 28.7 Å². The Hall–Kier alpha value is -2.86. The molecule has 3 rings (SSSR count). The Morgan fingerprint density at radius 3 is 2.62 bits per heavy atom.